The molecule has 4 rings (SSSR count). The zero-order valence-corrected chi connectivity index (χ0v) is 19.7. The fourth-order valence-electron chi connectivity index (χ4n) is 4.19. The first-order chi connectivity index (χ1) is 15.3. The number of hydrogen-bond acceptors (Lipinski definition) is 4. The molecule has 8 heteroatoms. The highest BCUT2D eigenvalue weighted by atomic mass is 35.5. The molecule has 1 fully saturated rings. The van der Waals surface area contributed by atoms with E-state index in [9.17, 15) is 13.2 Å². The number of aromatic nitrogens is 1. The van der Waals surface area contributed by atoms with Gasteiger partial charge in [-0.25, -0.2) is 8.42 Å². The first-order valence-electron chi connectivity index (χ1n) is 10.5. The van der Waals surface area contributed by atoms with Crippen molar-refractivity contribution >= 4 is 27.4 Å². The molecule has 32 heavy (non-hydrogen) atoms. The van der Waals surface area contributed by atoms with Gasteiger partial charge in [-0.05, 0) is 56.3 Å². The highest BCUT2D eigenvalue weighted by molar-refractivity contribution is 7.89. The zero-order chi connectivity index (χ0) is 22.9. The number of nitrogens with zero attached hydrogens (tertiary/aromatic N) is 3. The van der Waals surface area contributed by atoms with Crippen molar-refractivity contribution in [3.8, 4) is 5.69 Å². The predicted molar refractivity (Wildman–Crippen MR) is 126 cm³/mol. The van der Waals surface area contributed by atoms with Gasteiger partial charge in [-0.2, -0.15) is 4.31 Å². The van der Waals surface area contributed by atoms with Crippen LogP contribution in [0.1, 0.15) is 21.7 Å². The molecule has 0 amide bonds. The molecule has 168 valence electrons. The number of benzene rings is 2. The third-order valence-corrected chi connectivity index (χ3v) is 8.06. The summed E-state index contributed by atoms with van der Waals surface area (Å²) in [7, 11) is -3.56. The molecular formula is C24H26ClN3O3S. The minimum atomic E-state index is -3.56. The summed E-state index contributed by atoms with van der Waals surface area (Å²) in [5, 5.41) is 0.499. The molecule has 1 aliphatic heterocycles. The molecule has 0 bridgehead atoms. The lowest BCUT2D eigenvalue weighted by atomic mass is 10.1. The van der Waals surface area contributed by atoms with E-state index < -0.39 is 10.0 Å². The fraction of sp³-hybridized carbons (Fsp3) is 0.292. The van der Waals surface area contributed by atoms with Gasteiger partial charge in [-0.15, -0.1) is 0 Å². The van der Waals surface area contributed by atoms with E-state index in [2.05, 4.69) is 4.57 Å². The van der Waals surface area contributed by atoms with Crippen LogP contribution in [0.3, 0.4) is 0 Å². The van der Waals surface area contributed by atoms with E-state index >= 15 is 0 Å². The van der Waals surface area contributed by atoms with Crippen LogP contribution >= 0.6 is 11.6 Å². The fourth-order valence-corrected chi connectivity index (χ4v) is 5.74. The number of ketones is 1. The average molecular weight is 472 g/mol. The molecule has 0 unspecified atom stereocenters. The Morgan fingerprint density at radius 2 is 1.56 bits per heavy atom. The van der Waals surface area contributed by atoms with Crippen LogP contribution in [0.15, 0.2) is 65.6 Å². The van der Waals surface area contributed by atoms with Crippen LogP contribution in [0, 0.1) is 13.8 Å². The maximum atomic E-state index is 13.1. The minimum absolute atomic E-state index is 0.0503. The van der Waals surface area contributed by atoms with Crippen LogP contribution in [0.4, 0.5) is 0 Å². The number of aryl methyl sites for hydroxylation is 1. The van der Waals surface area contributed by atoms with Gasteiger partial charge in [-0.3, -0.25) is 9.69 Å². The van der Waals surface area contributed by atoms with Gasteiger partial charge in [0.25, 0.3) is 0 Å². The van der Waals surface area contributed by atoms with Gasteiger partial charge in [0.1, 0.15) is 0 Å². The van der Waals surface area contributed by atoms with Gasteiger partial charge < -0.3 is 4.57 Å². The van der Waals surface area contributed by atoms with Crippen molar-refractivity contribution in [2.75, 3.05) is 32.7 Å². The molecule has 0 N–H and O–H groups in total. The quantitative estimate of drug-likeness (QED) is 0.511. The van der Waals surface area contributed by atoms with Crippen LogP contribution in [0.25, 0.3) is 5.69 Å². The number of carbonyl (C=O) groups is 1. The van der Waals surface area contributed by atoms with Gasteiger partial charge in [0.2, 0.25) is 10.0 Å². The molecule has 1 aromatic heterocycles. The van der Waals surface area contributed by atoms with E-state index in [0.717, 1.165) is 17.1 Å². The number of para-hydroxylation sites is 1. The number of carbonyl (C=O) groups excluding carboxylic acids is 1. The zero-order valence-electron chi connectivity index (χ0n) is 18.2. The van der Waals surface area contributed by atoms with Crippen LogP contribution in [-0.2, 0) is 10.0 Å². The first-order valence-corrected chi connectivity index (χ1v) is 12.3. The predicted octanol–water partition coefficient (Wildman–Crippen LogP) is 3.94. The first kappa shape index (κ1) is 22.7. The van der Waals surface area contributed by atoms with Gasteiger partial charge in [0.05, 0.1) is 11.4 Å². The lowest BCUT2D eigenvalue weighted by Gasteiger charge is -2.33. The van der Waals surface area contributed by atoms with Gasteiger partial charge in [0.15, 0.2) is 5.78 Å². The second kappa shape index (κ2) is 9.19. The number of hydrogen-bond donors (Lipinski definition) is 0. The normalized spacial score (nSPS) is 15.7. The Kier molecular flexibility index (Phi) is 6.53. The van der Waals surface area contributed by atoms with Gasteiger partial charge in [0, 0.05) is 53.8 Å². The van der Waals surface area contributed by atoms with E-state index in [0.29, 0.717) is 36.8 Å². The highest BCUT2D eigenvalue weighted by Gasteiger charge is 2.29. The number of Topliss-reactive ketones (excluding diaryl/α,β-unsaturated/α-hetero) is 1. The molecule has 3 aromatic rings. The third-order valence-electron chi connectivity index (χ3n) is 5.90. The molecular weight excluding hydrogens is 446 g/mol. The van der Waals surface area contributed by atoms with Crippen molar-refractivity contribution in [3.05, 3.63) is 82.6 Å². The molecule has 0 saturated carbocycles. The van der Waals surface area contributed by atoms with Gasteiger partial charge >= 0.3 is 0 Å². The lowest BCUT2D eigenvalue weighted by Crippen LogP contribution is -2.49. The Labute approximate surface area is 194 Å². The molecule has 2 heterocycles. The second-order valence-corrected chi connectivity index (χ2v) is 10.4. The van der Waals surface area contributed by atoms with Crippen LogP contribution in [-0.4, -0.2) is 60.7 Å². The summed E-state index contributed by atoms with van der Waals surface area (Å²) in [6.07, 6.45) is 0. The lowest BCUT2D eigenvalue weighted by molar-refractivity contribution is 0.0901. The van der Waals surface area contributed by atoms with Crippen molar-refractivity contribution in [3.63, 3.8) is 0 Å². The Bertz CT molecular complexity index is 1210. The molecule has 0 aliphatic carbocycles. The molecule has 0 spiro atoms. The Balaban J connectivity index is 1.42. The van der Waals surface area contributed by atoms with Crippen molar-refractivity contribution in [1.29, 1.82) is 0 Å². The molecule has 1 aliphatic rings. The average Bonchev–Trinajstić information content (AvgIpc) is 3.09. The smallest absolute Gasteiger partial charge is 0.243 e. The molecule has 6 nitrogen and oxygen atoms in total. The summed E-state index contributed by atoms with van der Waals surface area (Å²) in [5.41, 5.74) is 3.67. The van der Waals surface area contributed by atoms with Crippen molar-refractivity contribution in [2.24, 2.45) is 0 Å². The summed E-state index contributed by atoms with van der Waals surface area (Å²) in [6.45, 7) is 5.95. The summed E-state index contributed by atoms with van der Waals surface area (Å²) in [6, 6.07) is 18.1. The van der Waals surface area contributed by atoms with E-state index in [1.165, 1.54) is 16.4 Å². The van der Waals surface area contributed by atoms with Crippen LogP contribution < -0.4 is 0 Å². The summed E-state index contributed by atoms with van der Waals surface area (Å²) < 4.78 is 29.3. The number of halogens is 1. The molecule has 0 atom stereocenters. The highest BCUT2D eigenvalue weighted by Crippen LogP contribution is 2.23. The third kappa shape index (κ3) is 4.52. The van der Waals surface area contributed by atoms with Crippen LogP contribution in [0.5, 0.6) is 0 Å². The summed E-state index contributed by atoms with van der Waals surface area (Å²) >= 11 is 5.87. The van der Waals surface area contributed by atoms with Crippen molar-refractivity contribution < 1.29 is 13.2 Å². The Morgan fingerprint density at radius 3 is 2.19 bits per heavy atom. The summed E-state index contributed by atoms with van der Waals surface area (Å²) in [5.74, 6) is 0.0503. The van der Waals surface area contributed by atoms with Crippen LogP contribution in [0.2, 0.25) is 5.02 Å². The Morgan fingerprint density at radius 1 is 0.938 bits per heavy atom. The monoisotopic (exact) mass is 471 g/mol. The van der Waals surface area contributed by atoms with Crippen molar-refractivity contribution in [1.82, 2.24) is 13.8 Å². The second-order valence-electron chi connectivity index (χ2n) is 8.01. The maximum absolute atomic E-state index is 13.1. The molecule has 1 saturated heterocycles. The molecule has 2 aromatic carbocycles. The SMILES string of the molecule is Cc1cc(C(=O)CN2CCN(S(=O)(=O)c3ccc(Cl)cc3)CC2)c(C)n1-c1ccccc1. The number of sulfonamides is 1. The van der Waals surface area contributed by atoms with E-state index in [1.807, 2.05) is 55.1 Å². The largest absolute Gasteiger partial charge is 0.318 e. The summed E-state index contributed by atoms with van der Waals surface area (Å²) in [4.78, 5) is 15.3. The van der Waals surface area contributed by atoms with Crippen molar-refractivity contribution in [2.45, 2.75) is 18.7 Å². The topological polar surface area (TPSA) is 62.6 Å². The molecule has 0 radical (unpaired) electrons. The van der Waals surface area contributed by atoms with Gasteiger partial charge in [-0.1, -0.05) is 29.8 Å². The van der Waals surface area contributed by atoms with E-state index in [1.54, 1.807) is 12.1 Å². The standard InChI is InChI=1S/C24H26ClN3O3S/c1-18-16-23(19(2)28(18)21-6-4-3-5-7-21)24(29)17-26-12-14-27(15-13-26)32(30,31)22-10-8-20(25)9-11-22/h3-11,16H,12-15,17H2,1-2H3. The number of piperazine rings is 1. The Hall–Kier alpha value is -2.45. The minimum Gasteiger partial charge on any atom is -0.318 e. The van der Waals surface area contributed by atoms with E-state index in [-0.39, 0.29) is 17.2 Å². The van der Waals surface area contributed by atoms with E-state index in [4.69, 9.17) is 11.6 Å². The maximum Gasteiger partial charge on any atom is 0.243 e. The number of rotatable bonds is 6.